The van der Waals surface area contributed by atoms with E-state index >= 15 is 0 Å². The van der Waals surface area contributed by atoms with Crippen molar-refractivity contribution < 1.29 is 9.00 Å². The van der Waals surface area contributed by atoms with Gasteiger partial charge in [0.15, 0.2) is 0 Å². The number of carbonyl (C=O) groups excluding carboxylic acids is 1. The topological polar surface area (TPSA) is 72.2 Å². The average Bonchev–Trinajstić information content (AvgIpc) is 1.27. The molecule has 0 spiro atoms. The summed E-state index contributed by atoms with van der Waals surface area (Å²) in [5.74, 6) is 0. The molecule has 3 N–H and O–H groups in total. The molecule has 0 saturated heterocycles. The van der Waals surface area contributed by atoms with Crippen molar-refractivity contribution in [3.05, 3.63) is 0 Å². The molecule has 6 heteroatoms. The number of hydrogen-bond acceptors (Lipinski definition) is 2. The van der Waals surface area contributed by atoms with Crippen molar-refractivity contribution >= 4 is 29.3 Å². The van der Waals surface area contributed by atoms with Gasteiger partial charge in [-0.05, 0) is 0 Å². The van der Waals surface area contributed by atoms with E-state index in [-0.39, 0.29) is 0 Å². The van der Waals surface area contributed by atoms with Crippen molar-refractivity contribution in [1.29, 1.82) is 0 Å². The summed E-state index contributed by atoms with van der Waals surface area (Å²) >= 11 is 2.17. The molecule has 0 radical (unpaired) electrons. The van der Waals surface area contributed by atoms with E-state index in [1.807, 2.05) is 4.72 Å². The molecule has 0 bridgehead atoms. The van der Waals surface area contributed by atoms with Crippen LogP contribution in [0.2, 0.25) is 0 Å². The van der Waals surface area contributed by atoms with Crippen molar-refractivity contribution in [2.75, 3.05) is 0 Å². The van der Waals surface area contributed by atoms with Gasteiger partial charge in [0.25, 0.3) is 0 Å². The van der Waals surface area contributed by atoms with E-state index in [9.17, 15) is 9.00 Å². The Labute approximate surface area is 49.3 Å². The molecule has 0 heterocycles. The summed E-state index contributed by atoms with van der Waals surface area (Å²) in [5.41, 5.74) is 4.54. The summed E-state index contributed by atoms with van der Waals surface area (Å²) < 4.78 is 11.8. The number of carbonyl (C=O) groups is 1. The molecule has 2 amide bonds. The maximum absolute atomic E-state index is 9.93. The quantitative estimate of drug-likeness (QED) is 0.332. The Morgan fingerprint density at radius 3 is 2.29 bits per heavy atom. The Morgan fingerprint density at radius 1 is 1.86 bits per heavy atom. The van der Waals surface area contributed by atoms with Gasteiger partial charge in [0, 0.05) is 0 Å². The van der Waals surface area contributed by atoms with Crippen LogP contribution in [-0.4, -0.2) is 24.6 Å². The predicted octanol–water partition coefficient (Wildman–Crippen LogP) is -1.87. The van der Waals surface area contributed by atoms with Gasteiger partial charge in [-0.15, -0.1) is 0 Å². The van der Waals surface area contributed by atoms with Gasteiger partial charge < -0.3 is 0 Å². The average molecular weight is 187 g/mol. The molecule has 1 atom stereocenters. The second-order valence-corrected chi connectivity index (χ2v) is 3.56. The second-order valence-electron chi connectivity index (χ2n) is 0.733. The molecule has 0 saturated carbocycles. The van der Waals surface area contributed by atoms with Gasteiger partial charge in [0.2, 0.25) is 0 Å². The van der Waals surface area contributed by atoms with Crippen molar-refractivity contribution in [1.82, 2.24) is 4.72 Å². The number of primary amides is 1. The zero-order valence-corrected chi connectivity index (χ0v) is 5.86. The molecular formula is CH4N2O2SSe. The molecule has 0 rings (SSSR count). The van der Waals surface area contributed by atoms with Gasteiger partial charge >= 0.3 is 48.8 Å². The van der Waals surface area contributed by atoms with Crippen LogP contribution in [0.1, 0.15) is 0 Å². The number of rotatable bonds is 1. The third-order valence-corrected chi connectivity index (χ3v) is 1.18. The van der Waals surface area contributed by atoms with E-state index < -0.39 is 14.9 Å². The molecule has 0 aliphatic heterocycles. The van der Waals surface area contributed by atoms with E-state index in [0.29, 0.717) is 0 Å². The molecular weight excluding hydrogens is 183 g/mol. The van der Waals surface area contributed by atoms with Crippen molar-refractivity contribution in [3.63, 3.8) is 0 Å². The van der Waals surface area contributed by atoms with Crippen LogP contribution in [-0.2, 0) is 8.91 Å². The first-order valence-electron chi connectivity index (χ1n) is 1.33. The third-order valence-electron chi connectivity index (χ3n) is 0.201. The maximum atomic E-state index is 9.93. The molecule has 4 nitrogen and oxygen atoms in total. The predicted molar refractivity (Wildman–Crippen MR) is 28.0 cm³/mol. The fourth-order valence-electron chi connectivity index (χ4n) is 0.0900. The molecule has 0 aromatic rings. The van der Waals surface area contributed by atoms with Gasteiger partial charge in [-0.2, -0.15) is 0 Å². The Balaban J connectivity index is 3.53. The first kappa shape index (κ1) is 6.94. The fourth-order valence-corrected chi connectivity index (χ4v) is 0.836. The summed E-state index contributed by atoms with van der Waals surface area (Å²) in [6.07, 6.45) is 0. The Hall–Kier alpha value is -0.0605. The normalized spacial score (nSPS) is 12.6. The summed E-state index contributed by atoms with van der Waals surface area (Å²) in [6.45, 7) is 0. The zero-order chi connectivity index (χ0) is 5.86. The number of thiol groups is 1. The van der Waals surface area contributed by atoms with Crippen LogP contribution >= 0.6 is 0 Å². The SMILES string of the molecule is NC(=O)N[SH](=O)=[Se]. The molecule has 1 unspecified atom stereocenters. The van der Waals surface area contributed by atoms with E-state index in [2.05, 4.69) is 20.1 Å². The van der Waals surface area contributed by atoms with Crippen LogP contribution in [0.5, 0.6) is 0 Å². The Bertz CT molecular complexity index is 133. The summed E-state index contributed by atoms with van der Waals surface area (Å²) in [5, 5.41) is 0. The van der Waals surface area contributed by atoms with Crippen molar-refractivity contribution in [2.24, 2.45) is 5.73 Å². The van der Waals surface area contributed by atoms with Crippen LogP contribution in [0.25, 0.3) is 0 Å². The minimum atomic E-state index is -1.74. The third kappa shape index (κ3) is 5.94. The summed E-state index contributed by atoms with van der Waals surface area (Å²) in [7, 11) is -1.74. The van der Waals surface area contributed by atoms with E-state index in [4.69, 9.17) is 0 Å². The fraction of sp³-hybridized carbons (Fsp3) is 0. The number of nitrogens with one attached hydrogen (secondary N) is 1. The van der Waals surface area contributed by atoms with Gasteiger partial charge in [-0.25, -0.2) is 0 Å². The van der Waals surface area contributed by atoms with Crippen molar-refractivity contribution in [3.8, 4) is 0 Å². The number of urea groups is 1. The first-order valence-corrected chi connectivity index (χ1v) is 4.81. The Morgan fingerprint density at radius 2 is 2.29 bits per heavy atom. The van der Waals surface area contributed by atoms with E-state index in [0.717, 1.165) is 0 Å². The molecule has 0 aliphatic carbocycles. The van der Waals surface area contributed by atoms with Crippen LogP contribution in [0.3, 0.4) is 0 Å². The van der Waals surface area contributed by atoms with Crippen LogP contribution in [0, 0.1) is 0 Å². The molecule has 0 aromatic heterocycles. The number of amides is 2. The molecule has 0 aliphatic rings. The van der Waals surface area contributed by atoms with E-state index in [1.165, 1.54) is 0 Å². The van der Waals surface area contributed by atoms with Gasteiger partial charge in [-0.3, -0.25) is 0 Å². The summed E-state index contributed by atoms with van der Waals surface area (Å²) in [6, 6.07) is -0.778. The van der Waals surface area contributed by atoms with Crippen LogP contribution in [0.15, 0.2) is 0 Å². The molecule has 7 heavy (non-hydrogen) atoms. The minimum absolute atomic E-state index is 0.778. The van der Waals surface area contributed by atoms with Gasteiger partial charge in [0.1, 0.15) is 0 Å². The Kier molecular flexibility index (Phi) is 2.98. The van der Waals surface area contributed by atoms with Crippen molar-refractivity contribution in [2.45, 2.75) is 0 Å². The zero-order valence-electron chi connectivity index (χ0n) is 3.25. The molecule has 42 valence electrons. The number of nitrogens with two attached hydrogens (primary N) is 1. The van der Waals surface area contributed by atoms with Gasteiger partial charge in [0.05, 0.1) is 0 Å². The van der Waals surface area contributed by atoms with E-state index in [1.54, 1.807) is 0 Å². The molecule has 0 aromatic carbocycles. The van der Waals surface area contributed by atoms with Crippen LogP contribution < -0.4 is 10.5 Å². The second kappa shape index (κ2) is 3.01. The molecule has 0 fully saturated rings. The monoisotopic (exact) mass is 188 g/mol. The van der Waals surface area contributed by atoms with Crippen LogP contribution in [0.4, 0.5) is 4.79 Å². The van der Waals surface area contributed by atoms with Gasteiger partial charge in [-0.1, -0.05) is 0 Å². The standard InChI is InChI=1S/CH4N2O2SSe/c2-1(4)3-6(5)7/h6H,(H3,2,3,4,5,7). The summed E-state index contributed by atoms with van der Waals surface area (Å²) in [4.78, 5) is 9.72. The number of hydrogen-bond donors (Lipinski definition) is 3. The first-order chi connectivity index (χ1) is 3.13.